The third-order valence-electron chi connectivity index (χ3n) is 4.96. The van der Waals surface area contributed by atoms with Crippen molar-refractivity contribution in [3.05, 3.63) is 35.4 Å². The van der Waals surface area contributed by atoms with Crippen LogP contribution in [0.2, 0.25) is 0 Å². The van der Waals surface area contributed by atoms with Crippen molar-refractivity contribution in [1.29, 1.82) is 0 Å². The number of alkyl halides is 3. The topological polar surface area (TPSA) is 9.72 Å². The van der Waals surface area contributed by atoms with E-state index in [4.69, 9.17) is 0 Å². The Labute approximate surface area is 135 Å². The van der Waals surface area contributed by atoms with Gasteiger partial charge in [-0.1, -0.05) is 18.2 Å². The van der Waals surface area contributed by atoms with E-state index in [0.717, 1.165) is 57.3 Å². The smallest absolute Gasteiger partial charge is 0.304 e. The second kappa shape index (κ2) is 6.79. The molecule has 0 radical (unpaired) electrons. The first kappa shape index (κ1) is 16.7. The minimum absolute atomic E-state index is 0.550. The zero-order chi connectivity index (χ0) is 16.4. The molecule has 1 unspecified atom stereocenters. The lowest BCUT2D eigenvalue weighted by Crippen LogP contribution is -2.49. The van der Waals surface area contributed by atoms with Crippen LogP contribution >= 0.6 is 0 Å². The summed E-state index contributed by atoms with van der Waals surface area (Å²) in [7, 11) is 2.14. The fourth-order valence-corrected chi connectivity index (χ4v) is 3.55. The fraction of sp³-hybridized carbons (Fsp3) is 0.647. The van der Waals surface area contributed by atoms with Gasteiger partial charge in [0.2, 0.25) is 0 Å². The van der Waals surface area contributed by atoms with Crippen molar-refractivity contribution in [2.75, 3.05) is 46.3 Å². The normalized spacial score (nSPS) is 25.1. The quantitative estimate of drug-likeness (QED) is 0.845. The van der Waals surface area contributed by atoms with Crippen molar-refractivity contribution in [1.82, 2.24) is 14.7 Å². The van der Waals surface area contributed by atoms with E-state index in [0.29, 0.717) is 12.6 Å². The van der Waals surface area contributed by atoms with E-state index in [2.05, 4.69) is 21.7 Å². The monoisotopic (exact) mass is 327 g/mol. The van der Waals surface area contributed by atoms with Gasteiger partial charge in [-0.25, -0.2) is 0 Å². The average Bonchev–Trinajstić information content (AvgIpc) is 2.96. The van der Waals surface area contributed by atoms with E-state index in [9.17, 15) is 13.2 Å². The number of hydrogen-bond acceptors (Lipinski definition) is 3. The van der Waals surface area contributed by atoms with Gasteiger partial charge in [0.15, 0.2) is 0 Å². The molecule has 0 amide bonds. The van der Waals surface area contributed by atoms with Crippen molar-refractivity contribution >= 4 is 0 Å². The Balaban J connectivity index is 1.56. The first-order valence-corrected chi connectivity index (χ1v) is 8.23. The summed E-state index contributed by atoms with van der Waals surface area (Å²) in [6.07, 6.45) is -3.15. The molecule has 2 heterocycles. The predicted octanol–water partition coefficient (Wildman–Crippen LogP) is 2.53. The summed E-state index contributed by atoms with van der Waals surface area (Å²) in [5.74, 6) is 0. The Hall–Kier alpha value is -1.11. The molecule has 0 bridgehead atoms. The standard InChI is InChI=1S/C17H24F3N3/c1-21-7-9-23(10-8-21)16-5-6-22(13-16)12-14-3-2-4-15(11-14)17(18,19)20/h2-4,11,16H,5-10,12-13H2,1H3. The average molecular weight is 327 g/mol. The highest BCUT2D eigenvalue weighted by Gasteiger charge is 2.32. The van der Waals surface area contributed by atoms with Crippen LogP contribution in [0.4, 0.5) is 13.2 Å². The van der Waals surface area contributed by atoms with E-state index in [1.54, 1.807) is 6.07 Å². The molecule has 1 atom stereocenters. The molecule has 2 aliphatic rings. The number of piperazine rings is 1. The minimum atomic E-state index is -4.26. The Kier molecular flexibility index (Phi) is 4.94. The molecule has 0 aromatic heterocycles. The number of rotatable bonds is 3. The van der Waals surface area contributed by atoms with Gasteiger partial charge in [-0.3, -0.25) is 9.80 Å². The summed E-state index contributed by atoms with van der Waals surface area (Å²) in [5, 5.41) is 0. The van der Waals surface area contributed by atoms with Crippen molar-refractivity contribution < 1.29 is 13.2 Å². The van der Waals surface area contributed by atoms with Gasteiger partial charge in [0.25, 0.3) is 0 Å². The molecule has 128 valence electrons. The number of benzene rings is 1. The SMILES string of the molecule is CN1CCN(C2CCN(Cc3cccc(C(F)(F)F)c3)C2)CC1. The van der Waals surface area contributed by atoms with Gasteiger partial charge in [-0.15, -0.1) is 0 Å². The van der Waals surface area contributed by atoms with Crippen molar-refractivity contribution in [2.45, 2.75) is 25.2 Å². The zero-order valence-corrected chi connectivity index (χ0v) is 13.5. The molecule has 1 aromatic carbocycles. The first-order valence-electron chi connectivity index (χ1n) is 8.23. The van der Waals surface area contributed by atoms with Gasteiger partial charge in [-0.2, -0.15) is 13.2 Å². The van der Waals surface area contributed by atoms with Crippen LogP contribution in [0.5, 0.6) is 0 Å². The van der Waals surface area contributed by atoms with Crippen LogP contribution in [-0.4, -0.2) is 67.1 Å². The minimum Gasteiger partial charge on any atom is -0.304 e. The maximum Gasteiger partial charge on any atom is 0.416 e. The molecule has 3 rings (SSSR count). The van der Waals surface area contributed by atoms with Crippen LogP contribution in [0.25, 0.3) is 0 Å². The van der Waals surface area contributed by atoms with Crippen molar-refractivity contribution in [3.8, 4) is 0 Å². The molecule has 0 saturated carbocycles. The third kappa shape index (κ3) is 4.25. The van der Waals surface area contributed by atoms with Crippen LogP contribution in [0.1, 0.15) is 17.5 Å². The summed E-state index contributed by atoms with van der Waals surface area (Å²) in [6, 6.07) is 6.27. The van der Waals surface area contributed by atoms with E-state index >= 15 is 0 Å². The molecular weight excluding hydrogens is 303 g/mol. The lowest BCUT2D eigenvalue weighted by atomic mass is 10.1. The predicted molar refractivity (Wildman–Crippen MR) is 84.2 cm³/mol. The largest absolute Gasteiger partial charge is 0.416 e. The molecule has 6 heteroatoms. The number of nitrogens with zero attached hydrogens (tertiary/aromatic N) is 3. The van der Waals surface area contributed by atoms with Gasteiger partial charge < -0.3 is 4.90 Å². The van der Waals surface area contributed by atoms with Crippen molar-refractivity contribution in [2.24, 2.45) is 0 Å². The van der Waals surface area contributed by atoms with E-state index < -0.39 is 11.7 Å². The Bertz CT molecular complexity index is 524. The Morgan fingerprint density at radius 1 is 1.09 bits per heavy atom. The number of likely N-dealkylation sites (N-methyl/N-ethyl adjacent to an activating group) is 1. The summed E-state index contributed by atoms with van der Waals surface area (Å²) in [6.45, 7) is 6.92. The molecule has 0 spiro atoms. The van der Waals surface area contributed by atoms with Crippen LogP contribution in [0, 0.1) is 0 Å². The Morgan fingerprint density at radius 3 is 2.52 bits per heavy atom. The van der Waals surface area contributed by atoms with Crippen molar-refractivity contribution in [3.63, 3.8) is 0 Å². The van der Waals surface area contributed by atoms with E-state index in [1.165, 1.54) is 12.1 Å². The van der Waals surface area contributed by atoms with Crippen LogP contribution < -0.4 is 0 Å². The lowest BCUT2D eigenvalue weighted by Gasteiger charge is -2.36. The molecule has 3 nitrogen and oxygen atoms in total. The summed E-state index contributed by atoms with van der Waals surface area (Å²) in [4.78, 5) is 7.15. The van der Waals surface area contributed by atoms with Gasteiger partial charge in [0.1, 0.15) is 0 Å². The number of hydrogen-bond donors (Lipinski definition) is 0. The summed E-state index contributed by atoms with van der Waals surface area (Å²) >= 11 is 0. The van der Waals surface area contributed by atoms with Gasteiger partial charge in [0.05, 0.1) is 5.56 Å². The van der Waals surface area contributed by atoms with Gasteiger partial charge in [-0.05, 0) is 25.1 Å². The zero-order valence-electron chi connectivity index (χ0n) is 13.5. The maximum absolute atomic E-state index is 12.8. The number of halogens is 3. The first-order chi connectivity index (χ1) is 10.9. The van der Waals surface area contributed by atoms with Crippen LogP contribution in [0.15, 0.2) is 24.3 Å². The molecule has 23 heavy (non-hydrogen) atoms. The molecule has 1 aromatic rings. The second-order valence-electron chi connectivity index (χ2n) is 6.71. The summed E-state index contributed by atoms with van der Waals surface area (Å²) < 4.78 is 38.4. The van der Waals surface area contributed by atoms with E-state index in [-0.39, 0.29) is 0 Å². The lowest BCUT2D eigenvalue weighted by molar-refractivity contribution is -0.137. The highest BCUT2D eigenvalue weighted by Crippen LogP contribution is 2.30. The molecule has 2 saturated heterocycles. The fourth-order valence-electron chi connectivity index (χ4n) is 3.55. The van der Waals surface area contributed by atoms with E-state index in [1.807, 2.05) is 0 Å². The second-order valence-corrected chi connectivity index (χ2v) is 6.71. The highest BCUT2D eigenvalue weighted by molar-refractivity contribution is 5.25. The number of likely N-dealkylation sites (tertiary alicyclic amines) is 1. The molecule has 0 N–H and O–H groups in total. The Morgan fingerprint density at radius 2 is 1.83 bits per heavy atom. The maximum atomic E-state index is 12.8. The highest BCUT2D eigenvalue weighted by atomic mass is 19.4. The third-order valence-corrected chi connectivity index (χ3v) is 4.96. The molecule has 2 aliphatic heterocycles. The molecular formula is C17H24F3N3. The van der Waals surface area contributed by atoms with Crippen LogP contribution in [0.3, 0.4) is 0 Å². The van der Waals surface area contributed by atoms with Gasteiger partial charge >= 0.3 is 6.18 Å². The molecule has 2 fully saturated rings. The summed E-state index contributed by atoms with van der Waals surface area (Å²) in [5.41, 5.74) is 0.198. The van der Waals surface area contributed by atoms with Crippen LogP contribution in [-0.2, 0) is 12.7 Å². The molecule has 0 aliphatic carbocycles. The van der Waals surface area contributed by atoms with Gasteiger partial charge in [0, 0.05) is 51.9 Å².